The summed E-state index contributed by atoms with van der Waals surface area (Å²) >= 11 is 5.14. The lowest BCUT2D eigenvalue weighted by Gasteiger charge is -2.06. The first-order valence-electron chi connectivity index (χ1n) is 3.87. The third kappa shape index (κ3) is 2.28. The SMILES string of the molecule is Cc1cc(C(F)F)c(C#N)c(C(=O)Cl)n1. The van der Waals surface area contributed by atoms with E-state index in [4.69, 9.17) is 16.9 Å². The molecular formula is C9H5ClF2N2O. The van der Waals surface area contributed by atoms with Crippen LogP contribution in [0.1, 0.15) is 33.7 Å². The van der Waals surface area contributed by atoms with Gasteiger partial charge in [-0.2, -0.15) is 5.26 Å². The number of carbonyl (C=O) groups excluding carboxylic acids is 1. The van der Waals surface area contributed by atoms with Crippen molar-refractivity contribution in [2.24, 2.45) is 0 Å². The maximum atomic E-state index is 12.5. The normalized spacial score (nSPS) is 10.1. The highest BCUT2D eigenvalue weighted by atomic mass is 35.5. The number of aryl methyl sites for hydroxylation is 1. The molecule has 0 saturated carbocycles. The Hall–Kier alpha value is -1.54. The number of hydrogen-bond acceptors (Lipinski definition) is 3. The summed E-state index contributed by atoms with van der Waals surface area (Å²) in [5, 5.41) is 7.64. The molecule has 0 aliphatic heterocycles. The zero-order valence-corrected chi connectivity index (χ0v) is 8.35. The van der Waals surface area contributed by atoms with E-state index in [1.54, 1.807) is 0 Å². The van der Waals surface area contributed by atoms with Gasteiger partial charge in [0.1, 0.15) is 11.8 Å². The fourth-order valence-corrected chi connectivity index (χ4v) is 1.27. The fourth-order valence-electron chi connectivity index (χ4n) is 1.13. The van der Waals surface area contributed by atoms with E-state index in [1.165, 1.54) is 13.0 Å². The number of rotatable bonds is 2. The molecule has 1 rings (SSSR count). The zero-order chi connectivity index (χ0) is 11.6. The Bertz CT molecular complexity index is 454. The molecule has 0 aliphatic rings. The molecule has 1 aromatic heterocycles. The molecule has 0 amide bonds. The summed E-state index contributed by atoms with van der Waals surface area (Å²) < 4.78 is 25.0. The van der Waals surface area contributed by atoms with Gasteiger partial charge in [0.15, 0.2) is 0 Å². The molecule has 0 atom stereocenters. The van der Waals surface area contributed by atoms with E-state index in [-0.39, 0.29) is 5.69 Å². The van der Waals surface area contributed by atoms with Gasteiger partial charge in [-0.3, -0.25) is 4.79 Å². The van der Waals surface area contributed by atoms with E-state index in [2.05, 4.69) is 4.98 Å². The molecule has 6 heteroatoms. The molecule has 78 valence electrons. The summed E-state index contributed by atoms with van der Waals surface area (Å²) in [7, 11) is 0. The van der Waals surface area contributed by atoms with Gasteiger partial charge in [-0.05, 0) is 24.6 Å². The van der Waals surface area contributed by atoms with Crippen molar-refractivity contribution in [2.75, 3.05) is 0 Å². The second kappa shape index (κ2) is 4.32. The van der Waals surface area contributed by atoms with Gasteiger partial charge >= 0.3 is 0 Å². The number of carbonyl (C=O) groups is 1. The Kier molecular flexibility index (Phi) is 3.32. The van der Waals surface area contributed by atoms with Crippen molar-refractivity contribution in [1.29, 1.82) is 5.26 Å². The van der Waals surface area contributed by atoms with Crippen molar-refractivity contribution in [1.82, 2.24) is 4.98 Å². The summed E-state index contributed by atoms with van der Waals surface area (Å²) in [6.07, 6.45) is -2.84. The first-order valence-corrected chi connectivity index (χ1v) is 4.24. The number of pyridine rings is 1. The van der Waals surface area contributed by atoms with E-state index in [0.717, 1.165) is 6.07 Å². The topological polar surface area (TPSA) is 53.8 Å². The van der Waals surface area contributed by atoms with Crippen LogP contribution >= 0.6 is 11.6 Å². The highest BCUT2D eigenvalue weighted by Gasteiger charge is 2.21. The van der Waals surface area contributed by atoms with Gasteiger partial charge in [-0.1, -0.05) is 0 Å². The molecule has 3 nitrogen and oxygen atoms in total. The number of nitrogens with zero attached hydrogens (tertiary/aromatic N) is 2. The first kappa shape index (κ1) is 11.5. The summed E-state index contributed by atoms with van der Waals surface area (Å²) in [5.74, 6) is 0. The Morgan fingerprint density at radius 3 is 2.67 bits per heavy atom. The lowest BCUT2D eigenvalue weighted by atomic mass is 10.1. The first-order chi connectivity index (χ1) is 6.97. The minimum absolute atomic E-state index is 0.216. The minimum Gasteiger partial charge on any atom is -0.274 e. The van der Waals surface area contributed by atoms with Crippen molar-refractivity contribution in [3.05, 3.63) is 28.6 Å². The van der Waals surface area contributed by atoms with Gasteiger partial charge in [-0.15, -0.1) is 0 Å². The molecule has 1 heterocycles. The van der Waals surface area contributed by atoms with Crippen molar-refractivity contribution in [3.8, 4) is 6.07 Å². The molecule has 0 N–H and O–H groups in total. The molecule has 0 aliphatic carbocycles. The third-order valence-electron chi connectivity index (χ3n) is 1.71. The molecule has 0 unspecified atom stereocenters. The number of halogens is 3. The average Bonchev–Trinajstić information content (AvgIpc) is 2.16. The van der Waals surface area contributed by atoms with Crippen LogP contribution in [0.3, 0.4) is 0 Å². The van der Waals surface area contributed by atoms with E-state index in [1.807, 2.05) is 0 Å². The Labute approximate surface area is 89.3 Å². The second-order valence-electron chi connectivity index (χ2n) is 2.76. The van der Waals surface area contributed by atoms with Crippen molar-refractivity contribution >= 4 is 16.8 Å². The van der Waals surface area contributed by atoms with Crippen LogP contribution in [0.2, 0.25) is 0 Å². The molecule has 1 aromatic rings. The number of nitriles is 1. The standard InChI is InChI=1S/C9H5ClF2N2O/c1-4-2-5(9(11)12)6(3-13)7(14-4)8(10)15/h2,9H,1H3. The van der Waals surface area contributed by atoms with Crippen LogP contribution in [-0.4, -0.2) is 10.2 Å². The number of aromatic nitrogens is 1. The van der Waals surface area contributed by atoms with Gasteiger partial charge < -0.3 is 0 Å². The Balaban J connectivity index is 3.54. The Morgan fingerprint density at radius 1 is 1.67 bits per heavy atom. The highest BCUT2D eigenvalue weighted by Crippen LogP contribution is 2.25. The predicted octanol–water partition coefficient (Wildman–Crippen LogP) is 2.58. The number of alkyl halides is 2. The van der Waals surface area contributed by atoms with Crippen LogP contribution in [0.5, 0.6) is 0 Å². The quantitative estimate of drug-likeness (QED) is 0.734. The van der Waals surface area contributed by atoms with Crippen molar-refractivity contribution in [3.63, 3.8) is 0 Å². The fraction of sp³-hybridized carbons (Fsp3) is 0.222. The second-order valence-corrected chi connectivity index (χ2v) is 3.11. The lowest BCUT2D eigenvalue weighted by molar-refractivity contribution is 0.107. The monoisotopic (exact) mass is 230 g/mol. The van der Waals surface area contributed by atoms with Crippen LogP contribution in [0.4, 0.5) is 8.78 Å². The number of hydrogen-bond donors (Lipinski definition) is 0. The smallest absolute Gasteiger partial charge is 0.272 e. The molecule has 15 heavy (non-hydrogen) atoms. The minimum atomic E-state index is -2.84. The van der Waals surface area contributed by atoms with Gasteiger partial charge in [0, 0.05) is 11.3 Å². The van der Waals surface area contributed by atoms with E-state index < -0.39 is 28.5 Å². The van der Waals surface area contributed by atoms with Gasteiger partial charge in [0.2, 0.25) is 0 Å². The highest BCUT2D eigenvalue weighted by molar-refractivity contribution is 6.67. The molecule has 0 aromatic carbocycles. The van der Waals surface area contributed by atoms with Crippen LogP contribution < -0.4 is 0 Å². The zero-order valence-electron chi connectivity index (χ0n) is 7.59. The molecular weight excluding hydrogens is 226 g/mol. The maximum Gasteiger partial charge on any atom is 0.272 e. The predicted molar refractivity (Wildman–Crippen MR) is 48.8 cm³/mol. The van der Waals surface area contributed by atoms with Crippen LogP contribution in [0, 0.1) is 18.3 Å². The van der Waals surface area contributed by atoms with Crippen LogP contribution in [0.25, 0.3) is 0 Å². The van der Waals surface area contributed by atoms with Crippen LogP contribution in [0.15, 0.2) is 6.07 Å². The van der Waals surface area contributed by atoms with E-state index >= 15 is 0 Å². The summed E-state index contributed by atoms with van der Waals surface area (Å²) in [6, 6.07) is 2.57. The van der Waals surface area contributed by atoms with E-state index in [0.29, 0.717) is 0 Å². The molecule has 0 fully saturated rings. The van der Waals surface area contributed by atoms with Crippen molar-refractivity contribution in [2.45, 2.75) is 13.3 Å². The third-order valence-corrected chi connectivity index (χ3v) is 1.89. The maximum absolute atomic E-state index is 12.5. The Morgan fingerprint density at radius 2 is 2.27 bits per heavy atom. The molecule has 0 saturated heterocycles. The molecule has 0 spiro atoms. The van der Waals surface area contributed by atoms with Crippen molar-refractivity contribution < 1.29 is 13.6 Å². The molecule has 0 radical (unpaired) electrons. The van der Waals surface area contributed by atoms with E-state index in [9.17, 15) is 13.6 Å². The van der Waals surface area contributed by atoms with Gasteiger partial charge in [0.05, 0.1) is 5.56 Å². The average molecular weight is 231 g/mol. The van der Waals surface area contributed by atoms with Crippen LogP contribution in [-0.2, 0) is 0 Å². The lowest BCUT2D eigenvalue weighted by Crippen LogP contribution is -2.05. The van der Waals surface area contributed by atoms with Gasteiger partial charge in [0.25, 0.3) is 11.7 Å². The summed E-state index contributed by atoms with van der Waals surface area (Å²) in [6.45, 7) is 1.44. The summed E-state index contributed by atoms with van der Waals surface area (Å²) in [4.78, 5) is 14.5. The largest absolute Gasteiger partial charge is 0.274 e. The summed E-state index contributed by atoms with van der Waals surface area (Å²) in [5.41, 5.74) is -1.19. The van der Waals surface area contributed by atoms with Gasteiger partial charge in [-0.25, -0.2) is 13.8 Å². The molecule has 0 bridgehead atoms.